The highest BCUT2D eigenvalue weighted by molar-refractivity contribution is 8.13. The van der Waals surface area contributed by atoms with Gasteiger partial charge in [0.2, 0.25) is 0 Å². The van der Waals surface area contributed by atoms with Crippen molar-refractivity contribution < 1.29 is 26.7 Å². The molecule has 0 aliphatic rings. The summed E-state index contributed by atoms with van der Waals surface area (Å²) in [6, 6.07) is 1.31. The quantitative estimate of drug-likeness (QED) is 0.656. The van der Waals surface area contributed by atoms with Crippen LogP contribution < -0.4 is 5.32 Å². The lowest BCUT2D eigenvalue weighted by Crippen LogP contribution is -2.29. The Hall–Kier alpha value is -1.25. The Morgan fingerprint density at radius 1 is 1.42 bits per heavy atom. The summed E-state index contributed by atoms with van der Waals surface area (Å²) >= 11 is 0. The van der Waals surface area contributed by atoms with E-state index in [1.54, 1.807) is 0 Å². The van der Waals surface area contributed by atoms with Crippen LogP contribution in [-0.2, 0) is 13.8 Å². The van der Waals surface area contributed by atoms with Gasteiger partial charge in [-0.25, -0.2) is 17.2 Å². The van der Waals surface area contributed by atoms with Crippen molar-refractivity contribution in [3.8, 4) is 0 Å². The number of methoxy groups -OCH3 is 1. The number of halogens is 3. The molecule has 5 nitrogen and oxygen atoms in total. The molecular formula is C10H10ClF2NO4S. The first kappa shape index (κ1) is 15.8. The highest BCUT2D eigenvalue weighted by atomic mass is 35.7. The topological polar surface area (TPSA) is 72.5 Å². The van der Waals surface area contributed by atoms with Crippen molar-refractivity contribution in [1.82, 2.24) is 5.32 Å². The summed E-state index contributed by atoms with van der Waals surface area (Å²) in [5.41, 5.74) is -1.00. The number of amides is 1. The van der Waals surface area contributed by atoms with E-state index in [4.69, 9.17) is 10.7 Å². The minimum absolute atomic E-state index is 0.0199. The van der Waals surface area contributed by atoms with Crippen LogP contribution in [-0.4, -0.2) is 34.6 Å². The molecule has 1 rings (SSSR count). The molecule has 0 aliphatic heterocycles. The third-order valence-corrected chi connectivity index (χ3v) is 3.48. The molecule has 19 heavy (non-hydrogen) atoms. The van der Waals surface area contributed by atoms with Crippen molar-refractivity contribution in [2.45, 2.75) is 4.90 Å². The van der Waals surface area contributed by atoms with Crippen LogP contribution in [0, 0.1) is 11.6 Å². The molecule has 1 aromatic carbocycles. The average molecular weight is 314 g/mol. The number of nitrogens with one attached hydrogen (secondary N) is 1. The number of hydrogen-bond donors (Lipinski definition) is 1. The van der Waals surface area contributed by atoms with Gasteiger partial charge in [0.1, 0.15) is 16.3 Å². The molecule has 1 N–H and O–H groups in total. The maximum absolute atomic E-state index is 13.8. The number of benzene rings is 1. The van der Waals surface area contributed by atoms with Gasteiger partial charge in [0.25, 0.3) is 15.0 Å². The van der Waals surface area contributed by atoms with Gasteiger partial charge in [-0.1, -0.05) is 0 Å². The van der Waals surface area contributed by atoms with Gasteiger partial charge in [-0.3, -0.25) is 4.79 Å². The predicted octanol–water partition coefficient (Wildman–Crippen LogP) is 1.27. The van der Waals surface area contributed by atoms with Gasteiger partial charge in [0.15, 0.2) is 5.82 Å². The molecule has 0 atom stereocenters. The zero-order valence-electron chi connectivity index (χ0n) is 9.74. The van der Waals surface area contributed by atoms with E-state index in [2.05, 4.69) is 10.1 Å². The minimum Gasteiger partial charge on any atom is -0.383 e. The molecule has 0 unspecified atom stereocenters. The fourth-order valence-electron chi connectivity index (χ4n) is 1.28. The zero-order chi connectivity index (χ0) is 14.6. The van der Waals surface area contributed by atoms with E-state index in [0.29, 0.717) is 12.1 Å². The van der Waals surface area contributed by atoms with Gasteiger partial charge < -0.3 is 10.1 Å². The van der Waals surface area contributed by atoms with Crippen LogP contribution >= 0.6 is 10.7 Å². The molecule has 0 fully saturated rings. The van der Waals surface area contributed by atoms with Gasteiger partial charge in [-0.05, 0) is 12.1 Å². The lowest BCUT2D eigenvalue weighted by atomic mass is 10.2. The van der Waals surface area contributed by atoms with E-state index in [-0.39, 0.29) is 13.2 Å². The van der Waals surface area contributed by atoms with Crippen LogP contribution in [0.1, 0.15) is 10.4 Å². The monoisotopic (exact) mass is 313 g/mol. The van der Waals surface area contributed by atoms with E-state index in [9.17, 15) is 22.0 Å². The molecule has 0 bridgehead atoms. The maximum atomic E-state index is 13.8. The summed E-state index contributed by atoms with van der Waals surface area (Å²) in [6.45, 7) is 0.161. The molecule has 0 radical (unpaired) electrons. The van der Waals surface area contributed by atoms with Crippen LogP contribution in [0.15, 0.2) is 17.0 Å². The number of hydrogen-bond acceptors (Lipinski definition) is 4. The molecule has 0 aliphatic carbocycles. The molecular weight excluding hydrogens is 304 g/mol. The van der Waals surface area contributed by atoms with Crippen LogP contribution in [0.25, 0.3) is 0 Å². The Kier molecular flexibility index (Phi) is 5.21. The van der Waals surface area contributed by atoms with Gasteiger partial charge in [-0.2, -0.15) is 0 Å². The van der Waals surface area contributed by atoms with E-state index in [0.717, 1.165) is 0 Å². The highest BCUT2D eigenvalue weighted by Gasteiger charge is 2.25. The highest BCUT2D eigenvalue weighted by Crippen LogP contribution is 2.23. The van der Waals surface area contributed by atoms with Crippen LogP contribution in [0.4, 0.5) is 8.78 Å². The van der Waals surface area contributed by atoms with Gasteiger partial charge in [0, 0.05) is 24.3 Å². The molecule has 0 saturated heterocycles. The van der Waals surface area contributed by atoms with Gasteiger partial charge >= 0.3 is 0 Å². The Morgan fingerprint density at radius 2 is 2.05 bits per heavy atom. The first-order valence-corrected chi connectivity index (χ1v) is 7.29. The largest absolute Gasteiger partial charge is 0.383 e. The lowest BCUT2D eigenvalue weighted by molar-refractivity contribution is 0.0928. The second-order valence-corrected chi connectivity index (χ2v) is 5.96. The third kappa shape index (κ3) is 3.85. The van der Waals surface area contributed by atoms with Crippen molar-refractivity contribution in [3.63, 3.8) is 0 Å². The summed E-state index contributed by atoms with van der Waals surface area (Å²) < 4.78 is 54.0. The Morgan fingerprint density at radius 3 is 2.58 bits per heavy atom. The van der Waals surface area contributed by atoms with Crippen LogP contribution in [0.2, 0.25) is 0 Å². The second kappa shape index (κ2) is 6.27. The molecule has 0 aromatic heterocycles. The lowest BCUT2D eigenvalue weighted by Gasteiger charge is -2.08. The maximum Gasteiger partial charge on any atom is 0.264 e. The number of ether oxygens (including phenoxy) is 1. The normalized spacial score (nSPS) is 11.4. The number of carbonyl (C=O) groups is 1. The van der Waals surface area contributed by atoms with E-state index >= 15 is 0 Å². The fraction of sp³-hybridized carbons (Fsp3) is 0.300. The summed E-state index contributed by atoms with van der Waals surface area (Å²) in [6.07, 6.45) is 0. The molecule has 0 saturated carbocycles. The van der Waals surface area contributed by atoms with Crippen LogP contribution in [0.5, 0.6) is 0 Å². The first-order valence-electron chi connectivity index (χ1n) is 4.99. The van der Waals surface area contributed by atoms with Crippen LogP contribution in [0.3, 0.4) is 0 Å². The first-order chi connectivity index (χ1) is 8.79. The van der Waals surface area contributed by atoms with Crippen molar-refractivity contribution in [1.29, 1.82) is 0 Å². The van der Waals surface area contributed by atoms with Crippen molar-refractivity contribution in [3.05, 3.63) is 29.3 Å². The smallest absolute Gasteiger partial charge is 0.264 e. The van der Waals surface area contributed by atoms with Crippen molar-refractivity contribution >= 4 is 25.6 Å². The Balaban J connectivity index is 3.17. The molecule has 9 heteroatoms. The molecule has 0 spiro atoms. The molecule has 1 amide bonds. The molecule has 106 valence electrons. The predicted molar refractivity (Wildman–Crippen MR) is 63.6 cm³/mol. The average Bonchev–Trinajstić information content (AvgIpc) is 2.27. The molecule has 1 aromatic rings. The van der Waals surface area contributed by atoms with Crippen molar-refractivity contribution in [2.24, 2.45) is 0 Å². The minimum atomic E-state index is -4.41. The SMILES string of the molecule is COCCNC(=O)c1c(F)ccc(S(=O)(=O)Cl)c1F. The Labute approximate surface area is 112 Å². The van der Waals surface area contributed by atoms with Crippen molar-refractivity contribution in [2.75, 3.05) is 20.3 Å². The standard InChI is InChI=1S/C10H10ClF2NO4S/c1-18-5-4-14-10(15)8-6(12)2-3-7(9(8)13)19(11,16)17/h2-3H,4-5H2,1H3,(H,14,15). The second-order valence-electron chi connectivity index (χ2n) is 3.42. The Bertz CT molecular complexity index is 591. The number of rotatable bonds is 5. The zero-order valence-corrected chi connectivity index (χ0v) is 11.3. The molecule has 0 heterocycles. The van der Waals surface area contributed by atoms with E-state index in [1.807, 2.05) is 0 Å². The summed E-state index contributed by atoms with van der Waals surface area (Å²) in [5.74, 6) is -3.80. The summed E-state index contributed by atoms with van der Waals surface area (Å²) in [5, 5.41) is 2.18. The van der Waals surface area contributed by atoms with E-state index < -0.39 is 37.1 Å². The fourth-order valence-corrected chi connectivity index (χ4v) is 2.19. The number of carbonyl (C=O) groups excluding carboxylic acids is 1. The van der Waals surface area contributed by atoms with Gasteiger partial charge in [0.05, 0.1) is 6.61 Å². The van der Waals surface area contributed by atoms with Gasteiger partial charge in [-0.15, -0.1) is 0 Å². The summed E-state index contributed by atoms with van der Waals surface area (Å²) in [7, 11) is 1.96. The van der Waals surface area contributed by atoms with E-state index in [1.165, 1.54) is 7.11 Å². The summed E-state index contributed by atoms with van der Waals surface area (Å²) in [4.78, 5) is 10.6. The third-order valence-electron chi connectivity index (χ3n) is 2.14.